The molecule has 0 atom stereocenters. The van der Waals surface area contributed by atoms with Crippen molar-refractivity contribution < 1.29 is 19.0 Å². The van der Waals surface area contributed by atoms with Crippen molar-refractivity contribution in [3.63, 3.8) is 0 Å². The van der Waals surface area contributed by atoms with E-state index in [9.17, 15) is 4.79 Å². The second-order valence-corrected chi connectivity index (χ2v) is 6.92. The van der Waals surface area contributed by atoms with Gasteiger partial charge in [-0.05, 0) is 52.8 Å². The fourth-order valence-electron chi connectivity index (χ4n) is 2.75. The number of carbonyl (C=O) groups is 1. The van der Waals surface area contributed by atoms with Crippen molar-refractivity contribution in [3.8, 4) is 22.9 Å². The summed E-state index contributed by atoms with van der Waals surface area (Å²) in [6, 6.07) is 7.33. The quantitative estimate of drug-likeness (QED) is 0.610. The van der Waals surface area contributed by atoms with Gasteiger partial charge in [0.05, 0.1) is 24.4 Å². The number of aromatic amines is 1. The Hall–Kier alpha value is -3.09. The third-order valence-corrected chi connectivity index (χ3v) is 3.74. The van der Waals surface area contributed by atoms with Crippen LogP contribution in [0.15, 0.2) is 30.5 Å². The highest BCUT2D eigenvalue weighted by Crippen LogP contribution is 2.30. The fraction of sp³-hybridized carbons (Fsp3) is 0.381. The van der Waals surface area contributed by atoms with Gasteiger partial charge in [0.2, 0.25) is 0 Å². The SMILES string of the molecule is CCOC(=O)c1cnc2[nH]c(-c3cc(OC(C)C)cc(OC(C)C)c3)nc2c1. The molecule has 1 aromatic carbocycles. The van der Waals surface area contributed by atoms with Gasteiger partial charge >= 0.3 is 5.97 Å². The molecule has 148 valence electrons. The largest absolute Gasteiger partial charge is 0.491 e. The molecule has 0 bridgehead atoms. The van der Waals surface area contributed by atoms with E-state index in [4.69, 9.17) is 14.2 Å². The molecule has 3 rings (SSSR count). The Bertz CT molecular complexity index is 951. The van der Waals surface area contributed by atoms with E-state index in [0.29, 0.717) is 40.7 Å². The monoisotopic (exact) mass is 383 g/mol. The molecule has 2 heterocycles. The summed E-state index contributed by atoms with van der Waals surface area (Å²) in [5.41, 5.74) is 2.35. The number of imidazole rings is 1. The summed E-state index contributed by atoms with van der Waals surface area (Å²) in [5, 5.41) is 0. The van der Waals surface area contributed by atoms with Crippen LogP contribution in [-0.2, 0) is 4.74 Å². The van der Waals surface area contributed by atoms with Gasteiger partial charge < -0.3 is 19.2 Å². The number of benzene rings is 1. The van der Waals surface area contributed by atoms with Crippen LogP contribution in [0.3, 0.4) is 0 Å². The van der Waals surface area contributed by atoms with Crippen LogP contribution in [0.2, 0.25) is 0 Å². The number of fused-ring (bicyclic) bond motifs is 1. The third-order valence-electron chi connectivity index (χ3n) is 3.74. The van der Waals surface area contributed by atoms with E-state index in [2.05, 4.69) is 15.0 Å². The molecule has 0 unspecified atom stereocenters. The van der Waals surface area contributed by atoms with Crippen LogP contribution in [0, 0.1) is 0 Å². The molecule has 1 N–H and O–H groups in total. The number of rotatable bonds is 7. The summed E-state index contributed by atoms with van der Waals surface area (Å²) in [7, 11) is 0. The van der Waals surface area contributed by atoms with Gasteiger partial charge in [0.1, 0.15) is 22.8 Å². The minimum atomic E-state index is -0.415. The number of pyridine rings is 1. The van der Waals surface area contributed by atoms with E-state index in [0.717, 1.165) is 5.56 Å². The van der Waals surface area contributed by atoms with Crippen LogP contribution in [0.5, 0.6) is 11.5 Å². The zero-order valence-corrected chi connectivity index (χ0v) is 16.8. The van der Waals surface area contributed by atoms with Crippen LogP contribution in [0.1, 0.15) is 45.0 Å². The summed E-state index contributed by atoms with van der Waals surface area (Å²) in [5.74, 6) is 1.60. The molecular weight excluding hydrogens is 358 g/mol. The lowest BCUT2D eigenvalue weighted by molar-refractivity contribution is 0.0526. The number of aromatic nitrogens is 3. The summed E-state index contributed by atoms with van der Waals surface area (Å²) in [4.78, 5) is 24.0. The molecule has 2 aromatic heterocycles. The second-order valence-electron chi connectivity index (χ2n) is 6.92. The zero-order valence-electron chi connectivity index (χ0n) is 16.8. The van der Waals surface area contributed by atoms with E-state index < -0.39 is 5.97 Å². The number of ether oxygens (including phenoxy) is 3. The molecule has 0 amide bonds. The van der Waals surface area contributed by atoms with Gasteiger partial charge in [-0.2, -0.15) is 0 Å². The van der Waals surface area contributed by atoms with Crippen molar-refractivity contribution in [3.05, 3.63) is 36.0 Å². The molecule has 0 fully saturated rings. The topological polar surface area (TPSA) is 86.3 Å². The number of nitrogens with one attached hydrogen (secondary N) is 1. The van der Waals surface area contributed by atoms with E-state index in [1.165, 1.54) is 6.20 Å². The lowest BCUT2D eigenvalue weighted by Gasteiger charge is -2.15. The minimum Gasteiger partial charge on any atom is -0.491 e. The predicted octanol–water partition coefficient (Wildman–Crippen LogP) is 4.38. The maximum atomic E-state index is 11.9. The zero-order chi connectivity index (χ0) is 20.3. The van der Waals surface area contributed by atoms with Crippen LogP contribution in [0.4, 0.5) is 0 Å². The first-order valence-electron chi connectivity index (χ1n) is 9.37. The average Bonchev–Trinajstić information content (AvgIpc) is 3.03. The molecule has 28 heavy (non-hydrogen) atoms. The predicted molar refractivity (Wildman–Crippen MR) is 107 cm³/mol. The molecule has 7 nitrogen and oxygen atoms in total. The van der Waals surface area contributed by atoms with E-state index in [1.54, 1.807) is 13.0 Å². The standard InChI is InChI=1S/C21H25N3O4/c1-6-26-21(25)15-9-18-20(22-11-15)24-19(23-18)14-7-16(27-12(2)3)10-17(8-14)28-13(4)5/h7-13H,6H2,1-5H3,(H,22,23,24). The first-order valence-corrected chi connectivity index (χ1v) is 9.37. The van der Waals surface area contributed by atoms with Crippen LogP contribution < -0.4 is 9.47 Å². The van der Waals surface area contributed by atoms with E-state index in [1.807, 2.05) is 45.9 Å². The first kappa shape index (κ1) is 19.7. The fourth-order valence-corrected chi connectivity index (χ4v) is 2.75. The highest BCUT2D eigenvalue weighted by atomic mass is 16.5. The summed E-state index contributed by atoms with van der Waals surface area (Å²) in [6.45, 7) is 9.95. The third kappa shape index (κ3) is 4.60. The Kier molecular flexibility index (Phi) is 5.82. The van der Waals surface area contributed by atoms with Gasteiger partial charge in [0, 0.05) is 17.8 Å². The Morgan fingerprint density at radius 3 is 2.25 bits per heavy atom. The van der Waals surface area contributed by atoms with Crippen LogP contribution in [0.25, 0.3) is 22.6 Å². The Balaban J connectivity index is 2.01. The molecule has 0 aliphatic carbocycles. The lowest BCUT2D eigenvalue weighted by atomic mass is 10.2. The average molecular weight is 383 g/mol. The molecule has 0 aliphatic rings. The summed E-state index contributed by atoms with van der Waals surface area (Å²) >= 11 is 0. The van der Waals surface area contributed by atoms with Crippen LogP contribution in [-0.4, -0.2) is 39.7 Å². The number of esters is 1. The number of hydrogen-bond acceptors (Lipinski definition) is 6. The van der Waals surface area contributed by atoms with Crippen molar-refractivity contribution in [1.82, 2.24) is 15.0 Å². The molecule has 0 saturated heterocycles. The normalized spacial score (nSPS) is 11.2. The highest BCUT2D eigenvalue weighted by Gasteiger charge is 2.14. The van der Waals surface area contributed by atoms with Gasteiger partial charge in [0.25, 0.3) is 0 Å². The molecule has 3 aromatic rings. The molecule has 0 saturated carbocycles. The summed E-state index contributed by atoms with van der Waals surface area (Å²) < 4.78 is 16.7. The van der Waals surface area contributed by atoms with Crippen molar-refractivity contribution in [2.24, 2.45) is 0 Å². The van der Waals surface area contributed by atoms with Crippen molar-refractivity contribution >= 4 is 17.1 Å². The van der Waals surface area contributed by atoms with Gasteiger partial charge in [-0.15, -0.1) is 0 Å². The highest BCUT2D eigenvalue weighted by molar-refractivity contribution is 5.92. The minimum absolute atomic E-state index is 0.0339. The van der Waals surface area contributed by atoms with Crippen molar-refractivity contribution in [2.75, 3.05) is 6.61 Å². The number of H-pyrrole nitrogens is 1. The lowest BCUT2D eigenvalue weighted by Crippen LogP contribution is -2.08. The summed E-state index contributed by atoms with van der Waals surface area (Å²) in [6.07, 6.45) is 1.55. The van der Waals surface area contributed by atoms with Crippen molar-refractivity contribution in [1.29, 1.82) is 0 Å². The van der Waals surface area contributed by atoms with Gasteiger partial charge in [-0.25, -0.2) is 14.8 Å². The maximum Gasteiger partial charge on any atom is 0.339 e. The number of carbonyl (C=O) groups excluding carboxylic acids is 1. The maximum absolute atomic E-state index is 11.9. The Labute approximate surface area is 164 Å². The van der Waals surface area contributed by atoms with Gasteiger partial charge in [0.15, 0.2) is 5.65 Å². The molecule has 0 radical (unpaired) electrons. The number of hydrogen-bond donors (Lipinski definition) is 1. The Morgan fingerprint density at radius 2 is 1.68 bits per heavy atom. The molecular formula is C21H25N3O4. The molecule has 0 spiro atoms. The molecule has 7 heteroatoms. The van der Waals surface area contributed by atoms with Crippen LogP contribution >= 0.6 is 0 Å². The van der Waals surface area contributed by atoms with Gasteiger partial charge in [-0.1, -0.05) is 0 Å². The second kappa shape index (κ2) is 8.29. The van der Waals surface area contributed by atoms with E-state index in [-0.39, 0.29) is 12.2 Å². The van der Waals surface area contributed by atoms with Crippen molar-refractivity contribution in [2.45, 2.75) is 46.8 Å². The van der Waals surface area contributed by atoms with Gasteiger partial charge in [-0.3, -0.25) is 0 Å². The van der Waals surface area contributed by atoms with E-state index >= 15 is 0 Å². The smallest absolute Gasteiger partial charge is 0.339 e. The first-order chi connectivity index (χ1) is 13.4. The molecule has 0 aliphatic heterocycles. The number of nitrogens with zero attached hydrogens (tertiary/aromatic N) is 2. The Morgan fingerprint density at radius 1 is 1.04 bits per heavy atom.